The Balaban J connectivity index is 1.65. The summed E-state index contributed by atoms with van der Waals surface area (Å²) >= 11 is 0. The molecule has 1 saturated heterocycles. The highest BCUT2D eigenvalue weighted by atomic mass is 32.2. The van der Waals surface area contributed by atoms with Crippen LogP contribution in [-0.2, 0) is 29.6 Å². The summed E-state index contributed by atoms with van der Waals surface area (Å²) in [6, 6.07) is 6.59. The van der Waals surface area contributed by atoms with E-state index in [2.05, 4.69) is 0 Å². The predicted molar refractivity (Wildman–Crippen MR) is 82.8 cm³/mol. The lowest BCUT2D eigenvalue weighted by Crippen LogP contribution is -2.46. The van der Waals surface area contributed by atoms with Crippen molar-refractivity contribution in [2.24, 2.45) is 11.3 Å². The Morgan fingerprint density at radius 3 is 2.54 bits per heavy atom. The minimum Gasteiger partial charge on any atom is -0.468 e. The lowest BCUT2D eigenvalue weighted by Gasteiger charge is -2.26. The SMILES string of the molecule is COC(=O)[C@]12CN(C(=O)C34CC3C4)C[C@H]1S(=O)(=O)c1ccccc12. The number of benzene rings is 1. The van der Waals surface area contributed by atoms with E-state index >= 15 is 0 Å². The van der Waals surface area contributed by atoms with Crippen LogP contribution < -0.4 is 0 Å². The minimum atomic E-state index is -3.67. The third kappa shape index (κ3) is 1.41. The number of carbonyl (C=O) groups is 2. The molecule has 0 spiro atoms. The minimum absolute atomic E-state index is 0.0119. The Morgan fingerprint density at radius 2 is 1.92 bits per heavy atom. The van der Waals surface area contributed by atoms with Gasteiger partial charge in [0.2, 0.25) is 5.91 Å². The molecule has 126 valence electrons. The zero-order chi connectivity index (χ0) is 16.9. The highest BCUT2D eigenvalue weighted by molar-refractivity contribution is 7.92. The topological polar surface area (TPSA) is 80.8 Å². The number of hydrogen-bond acceptors (Lipinski definition) is 5. The maximum atomic E-state index is 13.0. The van der Waals surface area contributed by atoms with Crippen LogP contribution in [0.1, 0.15) is 18.4 Å². The van der Waals surface area contributed by atoms with Crippen molar-refractivity contribution in [3.05, 3.63) is 29.8 Å². The molecule has 4 aliphatic rings. The lowest BCUT2D eigenvalue weighted by molar-refractivity contribution is -0.147. The second kappa shape index (κ2) is 4.02. The molecule has 0 aromatic heterocycles. The number of amides is 1. The van der Waals surface area contributed by atoms with E-state index in [1.807, 2.05) is 0 Å². The van der Waals surface area contributed by atoms with Gasteiger partial charge in [0.1, 0.15) is 10.7 Å². The van der Waals surface area contributed by atoms with Gasteiger partial charge in [0.25, 0.3) is 0 Å². The molecule has 5 rings (SSSR count). The molecular formula is C17H17NO5S. The van der Waals surface area contributed by atoms with E-state index < -0.39 is 26.5 Å². The van der Waals surface area contributed by atoms with E-state index in [9.17, 15) is 18.0 Å². The highest BCUT2D eigenvalue weighted by Gasteiger charge is 2.77. The number of hydrogen-bond donors (Lipinski definition) is 0. The number of esters is 1. The lowest BCUT2D eigenvalue weighted by atomic mass is 9.79. The van der Waals surface area contributed by atoms with E-state index in [1.165, 1.54) is 13.2 Å². The summed E-state index contributed by atoms with van der Waals surface area (Å²) in [5.74, 6) is -0.0850. The molecule has 2 heterocycles. The van der Waals surface area contributed by atoms with Crippen LogP contribution in [0.2, 0.25) is 0 Å². The Bertz CT molecular complexity index is 901. The summed E-state index contributed by atoms with van der Waals surface area (Å²) in [5, 5.41) is -0.953. The highest BCUT2D eigenvalue weighted by Crippen LogP contribution is 2.76. The number of rotatable bonds is 2. The van der Waals surface area contributed by atoms with Gasteiger partial charge < -0.3 is 9.64 Å². The Hall–Kier alpha value is -1.89. The van der Waals surface area contributed by atoms with Gasteiger partial charge in [-0.25, -0.2) is 8.42 Å². The van der Waals surface area contributed by atoms with Gasteiger partial charge >= 0.3 is 5.97 Å². The summed E-state index contributed by atoms with van der Waals surface area (Å²) in [5.41, 5.74) is -1.06. The van der Waals surface area contributed by atoms with Crippen LogP contribution in [0.15, 0.2) is 29.2 Å². The molecule has 1 amide bonds. The van der Waals surface area contributed by atoms with Gasteiger partial charge in [0.05, 0.1) is 17.4 Å². The van der Waals surface area contributed by atoms with Crippen LogP contribution in [-0.4, -0.2) is 50.6 Å². The van der Waals surface area contributed by atoms with Crippen molar-refractivity contribution in [1.82, 2.24) is 4.90 Å². The quantitative estimate of drug-likeness (QED) is 0.728. The first-order valence-electron chi connectivity index (χ1n) is 8.09. The number of nitrogens with zero attached hydrogens (tertiary/aromatic N) is 1. The van der Waals surface area contributed by atoms with E-state index in [-0.39, 0.29) is 29.3 Å². The van der Waals surface area contributed by atoms with E-state index in [0.717, 1.165) is 12.8 Å². The molecule has 1 aromatic rings. The fraction of sp³-hybridized carbons (Fsp3) is 0.529. The van der Waals surface area contributed by atoms with Crippen molar-refractivity contribution in [3.8, 4) is 0 Å². The molecule has 2 saturated carbocycles. The number of sulfone groups is 1. The van der Waals surface area contributed by atoms with Crippen molar-refractivity contribution >= 4 is 21.7 Å². The maximum Gasteiger partial charge on any atom is 0.319 e. The Labute approximate surface area is 139 Å². The number of carbonyl (C=O) groups excluding carboxylic acids is 2. The summed E-state index contributed by atoms with van der Waals surface area (Å²) in [7, 11) is -2.40. The molecule has 7 heteroatoms. The largest absolute Gasteiger partial charge is 0.468 e. The maximum absolute atomic E-state index is 13.0. The van der Waals surface area contributed by atoms with E-state index in [1.54, 1.807) is 23.1 Å². The molecule has 1 aromatic carbocycles. The summed E-state index contributed by atoms with van der Waals surface area (Å²) in [6.07, 6.45) is 1.81. The van der Waals surface area contributed by atoms with Gasteiger partial charge in [0.15, 0.2) is 9.84 Å². The molecule has 2 aliphatic heterocycles. The summed E-state index contributed by atoms with van der Waals surface area (Å²) in [6.45, 7) is 0.160. The summed E-state index contributed by atoms with van der Waals surface area (Å²) in [4.78, 5) is 27.2. The average molecular weight is 347 g/mol. The number of likely N-dealkylation sites (tertiary alicyclic amines) is 1. The van der Waals surface area contributed by atoms with Gasteiger partial charge in [-0.15, -0.1) is 0 Å². The van der Waals surface area contributed by atoms with Crippen LogP contribution >= 0.6 is 0 Å². The second-order valence-corrected chi connectivity index (χ2v) is 9.54. The molecule has 0 bridgehead atoms. The number of ether oxygens (including phenoxy) is 1. The molecule has 24 heavy (non-hydrogen) atoms. The zero-order valence-corrected chi connectivity index (χ0v) is 14.0. The normalized spacial score (nSPS) is 39.6. The van der Waals surface area contributed by atoms with Gasteiger partial charge in [-0.1, -0.05) is 18.2 Å². The Kier molecular flexibility index (Phi) is 2.42. The molecule has 0 unspecified atom stereocenters. The zero-order valence-electron chi connectivity index (χ0n) is 13.2. The van der Waals surface area contributed by atoms with Gasteiger partial charge in [-0.05, 0) is 30.4 Å². The van der Waals surface area contributed by atoms with Crippen LogP contribution in [0.4, 0.5) is 0 Å². The molecular weight excluding hydrogens is 330 g/mol. The molecule has 0 N–H and O–H groups in total. The van der Waals surface area contributed by atoms with Crippen molar-refractivity contribution in [2.75, 3.05) is 20.2 Å². The molecule has 6 nitrogen and oxygen atoms in total. The standard InChI is InChI=1S/C17H17NO5S/c1-23-15(20)17-9-18(14(19)16-6-10(16)7-16)8-13(17)24(21,22)12-5-3-2-4-11(12)17/h2-5,10,13H,6-9H2,1H3/t10?,13-,16?,17+/m1/s1. The smallest absolute Gasteiger partial charge is 0.319 e. The third-order valence-electron chi connectivity index (χ3n) is 6.37. The molecule has 3 fully saturated rings. The first-order valence-corrected chi connectivity index (χ1v) is 9.64. The van der Waals surface area contributed by atoms with Crippen molar-refractivity contribution in [2.45, 2.75) is 28.4 Å². The first kappa shape index (κ1) is 14.5. The predicted octanol–water partition coefficient (Wildman–Crippen LogP) is 0.505. The van der Waals surface area contributed by atoms with E-state index in [0.29, 0.717) is 11.5 Å². The van der Waals surface area contributed by atoms with Gasteiger partial charge in [-0.2, -0.15) is 0 Å². The van der Waals surface area contributed by atoms with Crippen LogP contribution in [0.5, 0.6) is 0 Å². The van der Waals surface area contributed by atoms with Crippen LogP contribution in [0.25, 0.3) is 0 Å². The second-order valence-electron chi connectivity index (χ2n) is 7.44. The summed E-state index contributed by atoms with van der Waals surface area (Å²) < 4.78 is 31.0. The molecule has 2 aliphatic carbocycles. The number of methoxy groups -OCH3 is 1. The molecule has 0 radical (unpaired) electrons. The Morgan fingerprint density at radius 1 is 1.25 bits per heavy atom. The monoisotopic (exact) mass is 347 g/mol. The van der Waals surface area contributed by atoms with Crippen molar-refractivity contribution in [3.63, 3.8) is 0 Å². The first-order chi connectivity index (χ1) is 11.4. The van der Waals surface area contributed by atoms with Gasteiger partial charge in [0, 0.05) is 13.1 Å². The van der Waals surface area contributed by atoms with Crippen LogP contribution in [0.3, 0.4) is 0 Å². The third-order valence-corrected chi connectivity index (χ3v) is 8.64. The fourth-order valence-electron chi connectivity index (χ4n) is 4.69. The van der Waals surface area contributed by atoms with Gasteiger partial charge in [-0.3, -0.25) is 9.59 Å². The van der Waals surface area contributed by atoms with E-state index in [4.69, 9.17) is 4.74 Å². The average Bonchev–Trinajstić information content (AvgIpc) is 3.38. The number of fused-ring (bicyclic) bond motifs is 4. The van der Waals surface area contributed by atoms with Crippen molar-refractivity contribution < 1.29 is 22.7 Å². The van der Waals surface area contributed by atoms with Crippen molar-refractivity contribution in [1.29, 1.82) is 0 Å². The van der Waals surface area contributed by atoms with Crippen LogP contribution in [0, 0.1) is 11.3 Å². The fourth-order valence-corrected chi connectivity index (χ4v) is 7.03. The molecule has 2 atom stereocenters.